The molecule has 0 amide bonds. The van der Waals surface area contributed by atoms with Gasteiger partial charge in [0.1, 0.15) is 11.5 Å². The molecule has 2 aliphatic heterocycles. The molecule has 160 valence electrons. The Morgan fingerprint density at radius 1 is 0.636 bits per heavy atom. The topological polar surface area (TPSA) is 105 Å². The summed E-state index contributed by atoms with van der Waals surface area (Å²) in [5.41, 5.74) is 1.19. The van der Waals surface area contributed by atoms with Gasteiger partial charge in [0.15, 0.2) is 0 Å². The van der Waals surface area contributed by atoms with Gasteiger partial charge in [-0.2, -0.15) is 0 Å². The van der Waals surface area contributed by atoms with E-state index >= 15 is 0 Å². The summed E-state index contributed by atoms with van der Waals surface area (Å²) in [5.74, 6) is -0.382. The van der Waals surface area contributed by atoms with Crippen molar-refractivity contribution in [3.8, 4) is 11.5 Å². The first-order chi connectivity index (χ1) is 16.0. The summed E-state index contributed by atoms with van der Waals surface area (Å²) >= 11 is 0. The molecular formula is C25H14N2O6. The molecule has 0 unspecified atom stereocenters. The van der Waals surface area contributed by atoms with Gasteiger partial charge in [-0.3, -0.25) is 20.2 Å². The molecule has 4 aromatic rings. The molecule has 8 nitrogen and oxygen atoms in total. The highest BCUT2D eigenvalue weighted by Crippen LogP contribution is 2.45. The number of non-ortho nitro benzene ring substituents is 2. The van der Waals surface area contributed by atoms with Gasteiger partial charge in [0.05, 0.1) is 20.6 Å². The quantitative estimate of drug-likeness (QED) is 0.280. The highest BCUT2D eigenvalue weighted by Gasteiger charge is 2.37. The first kappa shape index (κ1) is 19.0. The maximum atomic E-state index is 11.6. The molecule has 0 bridgehead atoms. The average molecular weight is 438 g/mol. The molecule has 0 fully saturated rings. The SMILES string of the molecule is O=[N+]([O-])c1cccc2ccc3c(c12)C=CC1(C=Cc2c(ccc4cccc([N+](=O)[O-])c24)O1)O3. The van der Waals surface area contributed by atoms with Gasteiger partial charge in [0, 0.05) is 35.4 Å². The Labute approximate surface area is 186 Å². The molecule has 1 spiro atoms. The van der Waals surface area contributed by atoms with Crippen LogP contribution in [0.4, 0.5) is 11.4 Å². The number of nitrogens with zero attached hydrogens (tertiary/aromatic N) is 2. The lowest BCUT2D eigenvalue weighted by Crippen LogP contribution is -2.41. The van der Waals surface area contributed by atoms with Crippen molar-refractivity contribution in [2.24, 2.45) is 0 Å². The molecule has 0 atom stereocenters. The fourth-order valence-corrected chi connectivity index (χ4v) is 4.50. The summed E-state index contributed by atoms with van der Waals surface area (Å²) in [4.78, 5) is 22.3. The van der Waals surface area contributed by atoms with Crippen LogP contribution in [-0.4, -0.2) is 15.6 Å². The van der Waals surface area contributed by atoms with Gasteiger partial charge in [-0.25, -0.2) is 0 Å². The van der Waals surface area contributed by atoms with Crippen LogP contribution in [0.15, 0.2) is 72.8 Å². The number of ether oxygens (including phenoxy) is 2. The smallest absolute Gasteiger partial charge is 0.291 e. The number of fused-ring (bicyclic) bond motifs is 6. The highest BCUT2D eigenvalue weighted by atomic mass is 16.7. The molecule has 0 aromatic heterocycles. The number of hydrogen-bond donors (Lipinski definition) is 0. The second kappa shape index (κ2) is 6.64. The van der Waals surface area contributed by atoms with Gasteiger partial charge in [-0.1, -0.05) is 36.4 Å². The molecule has 8 heteroatoms. The second-order valence-corrected chi connectivity index (χ2v) is 7.81. The van der Waals surface area contributed by atoms with Crippen LogP contribution in [0.25, 0.3) is 33.7 Å². The molecule has 0 radical (unpaired) electrons. The monoisotopic (exact) mass is 438 g/mol. The Bertz CT molecular complexity index is 1470. The largest absolute Gasteiger partial charge is 0.445 e. The minimum atomic E-state index is -1.27. The van der Waals surface area contributed by atoms with E-state index < -0.39 is 15.6 Å². The van der Waals surface area contributed by atoms with Crippen LogP contribution in [0.1, 0.15) is 11.1 Å². The number of hydrogen-bond acceptors (Lipinski definition) is 6. The zero-order valence-corrected chi connectivity index (χ0v) is 16.9. The van der Waals surface area contributed by atoms with Crippen molar-refractivity contribution in [1.82, 2.24) is 0 Å². The first-order valence-electron chi connectivity index (χ1n) is 10.1. The third kappa shape index (κ3) is 2.77. The molecule has 6 rings (SSSR count). The second-order valence-electron chi connectivity index (χ2n) is 7.81. The third-order valence-corrected chi connectivity index (χ3v) is 5.94. The Kier molecular flexibility index (Phi) is 3.82. The van der Waals surface area contributed by atoms with Crippen molar-refractivity contribution in [1.29, 1.82) is 0 Å². The van der Waals surface area contributed by atoms with Crippen LogP contribution < -0.4 is 9.47 Å². The van der Waals surface area contributed by atoms with E-state index in [-0.39, 0.29) is 11.4 Å². The zero-order valence-electron chi connectivity index (χ0n) is 16.9. The van der Waals surface area contributed by atoms with E-state index in [1.54, 1.807) is 60.7 Å². The van der Waals surface area contributed by atoms with Crippen molar-refractivity contribution in [2.75, 3.05) is 0 Å². The van der Waals surface area contributed by atoms with Crippen LogP contribution in [0.5, 0.6) is 11.5 Å². The summed E-state index contributed by atoms with van der Waals surface area (Å²) in [6, 6.07) is 16.9. The van der Waals surface area contributed by atoms with Gasteiger partial charge in [-0.15, -0.1) is 0 Å². The van der Waals surface area contributed by atoms with Gasteiger partial charge in [0.2, 0.25) is 0 Å². The van der Waals surface area contributed by atoms with Crippen LogP contribution in [0.2, 0.25) is 0 Å². The van der Waals surface area contributed by atoms with Crippen molar-refractivity contribution in [3.63, 3.8) is 0 Å². The Balaban J connectivity index is 1.48. The summed E-state index contributed by atoms with van der Waals surface area (Å²) < 4.78 is 12.4. The first-order valence-corrected chi connectivity index (χ1v) is 10.1. The molecule has 2 aliphatic rings. The highest BCUT2D eigenvalue weighted by molar-refractivity contribution is 6.01. The number of nitro groups is 2. The third-order valence-electron chi connectivity index (χ3n) is 5.94. The predicted octanol–water partition coefficient (Wildman–Crippen LogP) is 6.02. The average Bonchev–Trinajstić information content (AvgIpc) is 2.82. The Morgan fingerprint density at radius 3 is 1.52 bits per heavy atom. The Morgan fingerprint density at radius 2 is 1.09 bits per heavy atom. The van der Waals surface area contributed by atoms with Crippen LogP contribution >= 0.6 is 0 Å². The lowest BCUT2D eigenvalue weighted by molar-refractivity contribution is -0.383. The van der Waals surface area contributed by atoms with E-state index in [9.17, 15) is 20.2 Å². The number of benzene rings is 4. The van der Waals surface area contributed by atoms with E-state index in [2.05, 4.69) is 0 Å². The molecule has 0 aliphatic carbocycles. The molecule has 0 saturated heterocycles. The normalized spacial score (nSPS) is 15.0. The summed E-state index contributed by atoms with van der Waals surface area (Å²) in [7, 11) is 0. The molecular weight excluding hydrogens is 424 g/mol. The summed E-state index contributed by atoms with van der Waals surface area (Å²) in [6.45, 7) is 0. The number of rotatable bonds is 2. The Hall–Kier alpha value is -4.72. The van der Waals surface area contributed by atoms with Crippen molar-refractivity contribution >= 4 is 45.1 Å². The van der Waals surface area contributed by atoms with Gasteiger partial charge in [-0.05, 0) is 35.1 Å². The summed E-state index contributed by atoms with van der Waals surface area (Å²) in [5, 5.41) is 25.6. The fourth-order valence-electron chi connectivity index (χ4n) is 4.50. The maximum Gasteiger partial charge on any atom is 0.291 e. The lowest BCUT2D eigenvalue weighted by Gasteiger charge is -2.35. The van der Waals surface area contributed by atoms with E-state index in [4.69, 9.17) is 9.47 Å². The van der Waals surface area contributed by atoms with E-state index in [0.717, 1.165) is 10.8 Å². The van der Waals surface area contributed by atoms with Gasteiger partial charge in [0.25, 0.3) is 17.2 Å². The molecule has 0 N–H and O–H groups in total. The van der Waals surface area contributed by atoms with Gasteiger partial charge < -0.3 is 9.47 Å². The minimum absolute atomic E-state index is 0.00206. The van der Waals surface area contributed by atoms with E-state index in [1.165, 1.54) is 12.1 Å². The molecule has 33 heavy (non-hydrogen) atoms. The maximum absolute atomic E-state index is 11.6. The van der Waals surface area contributed by atoms with Crippen molar-refractivity contribution in [2.45, 2.75) is 5.79 Å². The van der Waals surface area contributed by atoms with E-state index in [0.29, 0.717) is 33.4 Å². The fraction of sp³-hybridized carbons (Fsp3) is 0.0400. The van der Waals surface area contributed by atoms with Crippen molar-refractivity contribution in [3.05, 3.63) is 104 Å². The van der Waals surface area contributed by atoms with Crippen LogP contribution in [-0.2, 0) is 0 Å². The van der Waals surface area contributed by atoms with E-state index in [1.807, 2.05) is 12.1 Å². The standard InChI is InChI=1S/C25H14N2O6/c28-26(29)19-5-1-3-15-7-9-21-17(23(15)19)11-13-25(32-21)14-12-18-22(33-25)10-8-16-4-2-6-20(24(16)18)27(30)31/h1-14H. The molecule has 4 aromatic carbocycles. The van der Waals surface area contributed by atoms with Crippen molar-refractivity contribution < 1.29 is 19.3 Å². The van der Waals surface area contributed by atoms with Crippen LogP contribution in [0.3, 0.4) is 0 Å². The zero-order chi connectivity index (χ0) is 22.7. The number of nitro benzene ring substituents is 2. The minimum Gasteiger partial charge on any atom is -0.445 e. The molecule has 0 saturated carbocycles. The lowest BCUT2D eigenvalue weighted by atomic mass is 9.96. The molecule has 2 heterocycles. The van der Waals surface area contributed by atoms with Gasteiger partial charge >= 0.3 is 0 Å². The van der Waals surface area contributed by atoms with Crippen LogP contribution in [0, 0.1) is 20.2 Å². The summed E-state index contributed by atoms with van der Waals surface area (Å²) in [6.07, 6.45) is 6.89. The predicted molar refractivity (Wildman–Crippen MR) is 123 cm³/mol.